The number of nitrogens with one attached hydrogen (secondary N) is 2. The van der Waals surface area contributed by atoms with Gasteiger partial charge in [-0.05, 0) is 43.4 Å². The van der Waals surface area contributed by atoms with E-state index in [2.05, 4.69) is 81.7 Å². The molecule has 0 unspecified atom stereocenters. The minimum atomic E-state index is 0. The highest BCUT2D eigenvalue weighted by Crippen LogP contribution is 2.47. The highest BCUT2D eigenvalue weighted by molar-refractivity contribution is 14.0. The summed E-state index contributed by atoms with van der Waals surface area (Å²) in [4.78, 5) is 9.15. The normalized spacial score (nSPS) is 14.6. The molecule has 0 atom stereocenters. The summed E-state index contributed by atoms with van der Waals surface area (Å²) in [6.07, 6.45) is 6.34. The van der Waals surface area contributed by atoms with Gasteiger partial charge in [-0.25, -0.2) is 9.98 Å². The molecule has 6 heteroatoms. The summed E-state index contributed by atoms with van der Waals surface area (Å²) in [5.41, 5.74) is 4.17. The van der Waals surface area contributed by atoms with Crippen LogP contribution in [0.3, 0.4) is 0 Å². The fraction of sp³-hybridized carbons (Fsp3) is 0.360. The Morgan fingerprint density at radius 2 is 1.84 bits per heavy atom. The molecule has 0 radical (unpaired) electrons. The second-order valence-electron chi connectivity index (χ2n) is 8.12. The summed E-state index contributed by atoms with van der Waals surface area (Å²) in [6.45, 7) is 7.40. The molecule has 1 aliphatic carbocycles. The predicted octanol–water partition coefficient (Wildman–Crippen LogP) is 4.64. The summed E-state index contributed by atoms with van der Waals surface area (Å²) in [7, 11) is 0. The van der Waals surface area contributed by atoms with Crippen molar-refractivity contribution in [3.63, 3.8) is 0 Å². The Balaban J connectivity index is 0.00000272. The molecule has 5 nitrogen and oxygen atoms in total. The third kappa shape index (κ3) is 6.09. The van der Waals surface area contributed by atoms with Gasteiger partial charge < -0.3 is 15.2 Å². The fourth-order valence-corrected chi connectivity index (χ4v) is 3.87. The van der Waals surface area contributed by atoms with Crippen LogP contribution in [-0.4, -0.2) is 28.6 Å². The first-order valence-corrected chi connectivity index (χ1v) is 10.8. The number of hydrogen-bond acceptors (Lipinski definition) is 2. The number of imidazole rings is 1. The maximum Gasteiger partial charge on any atom is 0.191 e. The van der Waals surface area contributed by atoms with Crippen LogP contribution in [-0.2, 0) is 18.5 Å². The van der Waals surface area contributed by atoms with Gasteiger partial charge in [-0.1, -0.05) is 54.6 Å². The van der Waals surface area contributed by atoms with E-state index in [1.54, 1.807) is 0 Å². The van der Waals surface area contributed by atoms with Crippen molar-refractivity contribution < 1.29 is 0 Å². The molecule has 0 aliphatic heterocycles. The summed E-state index contributed by atoms with van der Waals surface area (Å²) < 4.78 is 2.16. The van der Waals surface area contributed by atoms with Crippen LogP contribution >= 0.6 is 24.0 Å². The smallest absolute Gasteiger partial charge is 0.191 e. The molecule has 3 aromatic rings. The summed E-state index contributed by atoms with van der Waals surface area (Å²) in [5, 5.41) is 6.97. The van der Waals surface area contributed by atoms with Crippen molar-refractivity contribution in [1.82, 2.24) is 20.2 Å². The van der Waals surface area contributed by atoms with Crippen LogP contribution in [0.2, 0.25) is 0 Å². The average Bonchev–Trinajstić information content (AvgIpc) is 3.47. The molecule has 31 heavy (non-hydrogen) atoms. The van der Waals surface area contributed by atoms with Crippen LogP contribution in [0.4, 0.5) is 0 Å². The fourth-order valence-electron chi connectivity index (χ4n) is 3.87. The van der Waals surface area contributed by atoms with Gasteiger partial charge in [-0.15, -0.1) is 24.0 Å². The molecule has 0 spiro atoms. The number of rotatable bonds is 8. The number of benzene rings is 2. The highest BCUT2D eigenvalue weighted by atomic mass is 127. The zero-order chi connectivity index (χ0) is 20.8. The maximum atomic E-state index is 4.84. The van der Waals surface area contributed by atoms with Crippen LogP contribution in [0.25, 0.3) is 0 Å². The number of halogens is 1. The summed E-state index contributed by atoms with van der Waals surface area (Å²) in [5.74, 6) is 1.92. The van der Waals surface area contributed by atoms with Crippen molar-refractivity contribution in [2.75, 3.05) is 13.1 Å². The summed E-state index contributed by atoms with van der Waals surface area (Å²) in [6, 6.07) is 19.5. The highest BCUT2D eigenvalue weighted by Gasteiger charge is 2.43. The second-order valence-corrected chi connectivity index (χ2v) is 8.12. The Morgan fingerprint density at radius 1 is 1.06 bits per heavy atom. The van der Waals surface area contributed by atoms with Gasteiger partial charge in [-0.3, -0.25) is 0 Å². The molecule has 1 aromatic heterocycles. The molecule has 0 amide bonds. The quantitative estimate of drug-likeness (QED) is 0.254. The third-order valence-electron chi connectivity index (χ3n) is 5.87. The lowest BCUT2D eigenvalue weighted by Gasteiger charge is -2.19. The lowest BCUT2D eigenvalue weighted by atomic mass is 9.96. The van der Waals surface area contributed by atoms with Gasteiger partial charge in [0.2, 0.25) is 0 Å². The molecule has 0 saturated heterocycles. The molecule has 1 aliphatic rings. The Kier molecular flexibility index (Phi) is 8.12. The van der Waals surface area contributed by atoms with Crippen LogP contribution in [0, 0.1) is 6.92 Å². The van der Waals surface area contributed by atoms with E-state index in [0.717, 1.165) is 31.4 Å². The van der Waals surface area contributed by atoms with E-state index in [0.29, 0.717) is 6.54 Å². The second kappa shape index (κ2) is 10.8. The predicted molar refractivity (Wildman–Crippen MR) is 138 cm³/mol. The van der Waals surface area contributed by atoms with E-state index >= 15 is 0 Å². The van der Waals surface area contributed by atoms with Crippen LogP contribution in [0.1, 0.15) is 42.3 Å². The Hall–Kier alpha value is -2.35. The zero-order valence-electron chi connectivity index (χ0n) is 18.3. The molecule has 2 N–H and O–H groups in total. The first-order chi connectivity index (χ1) is 14.7. The number of aromatic nitrogens is 2. The van der Waals surface area contributed by atoms with E-state index in [-0.39, 0.29) is 29.4 Å². The van der Waals surface area contributed by atoms with E-state index in [1.807, 2.05) is 19.3 Å². The Labute approximate surface area is 202 Å². The Bertz CT molecular complexity index is 992. The van der Waals surface area contributed by atoms with Crippen LogP contribution in [0.15, 0.2) is 72.0 Å². The first-order valence-electron chi connectivity index (χ1n) is 10.8. The van der Waals surface area contributed by atoms with E-state index in [1.165, 1.54) is 29.5 Å². The SMILES string of the molecule is CCNC(=NCc1cccc(Cn2ccnc2C)c1)NCC1(c2ccccc2)CC1.I. The summed E-state index contributed by atoms with van der Waals surface area (Å²) >= 11 is 0. The van der Waals surface area contributed by atoms with E-state index in [9.17, 15) is 0 Å². The van der Waals surface area contributed by atoms with E-state index < -0.39 is 0 Å². The number of aliphatic imine (C=N–C) groups is 1. The zero-order valence-corrected chi connectivity index (χ0v) is 20.7. The van der Waals surface area contributed by atoms with E-state index in [4.69, 9.17) is 4.99 Å². The molecule has 1 heterocycles. The van der Waals surface area contributed by atoms with Crippen molar-refractivity contribution in [2.45, 2.75) is 45.2 Å². The largest absolute Gasteiger partial charge is 0.357 e. The van der Waals surface area contributed by atoms with Gasteiger partial charge in [0, 0.05) is 37.4 Å². The molecule has 4 rings (SSSR count). The molecule has 164 valence electrons. The van der Waals surface area contributed by atoms with Gasteiger partial charge in [-0.2, -0.15) is 0 Å². The number of hydrogen-bond donors (Lipinski definition) is 2. The Morgan fingerprint density at radius 3 is 2.52 bits per heavy atom. The standard InChI is InChI=1S/C25H31N5.HI/c1-3-26-24(29-19-25(12-13-25)23-10-5-4-6-11-23)28-17-21-8-7-9-22(16-21)18-30-15-14-27-20(30)2;/h4-11,14-16H,3,12-13,17-19H2,1-2H3,(H2,26,28,29);1H. The van der Waals surface area contributed by atoms with Gasteiger partial charge >= 0.3 is 0 Å². The number of nitrogens with zero attached hydrogens (tertiary/aromatic N) is 3. The van der Waals surface area contributed by atoms with Crippen LogP contribution in [0.5, 0.6) is 0 Å². The van der Waals surface area contributed by atoms with Crippen LogP contribution < -0.4 is 10.6 Å². The topological polar surface area (TPSA) is 54.2 Å². The molecule has 2 aromatic carbocycles. The van der Waals surface area contributed by atoms with Gasteiger partial charge in [0.05, 0.1) is 6.54 Å². The average molecular weight is 529 g/mol. The lowest BCUT2D eigenvalue weighted by molar-refractivity contribution is 0.646. The molecular formula is C25H32IN5. The molecule has 1 saturated carbocycles. The maximum absolute atomic E-state index is 4.84. The minimum absolute atomic E-state index is 0. The molecule has 0 bridgehead atoms. The van der Waals surface area contributed by atoms with Crippen molar-refractivity contribution >= 4 is 29.9 Å². The van der Waals surface area contributed by atoms with Gasteiger partial charge in [0.1, 0.15) is 5.82 Å². The van der Waals surface area contributed by atoms with Crippen molar-refractivity contribution in [2.24, 2.45) is 4.99 Å². The first kappa shape index (κ1) is 23.3. The number of guanidine groups is 1. The minimum Gasteiger partial charge on any atom is -0.357 e. The van der Waals surface area contributed by atoms with Crippen molar-refractivity contribution in [3.05, 3.63) is 89.5 Å². The number of aryl methyl sites for hydroxylation is 1. The van der Waals surface area contributed by atoms with Gasteiger partial charge in [0.15, 0.2) is 5.96 Å². The lowest BCUT2D eigenvalue weighted by Crippen LogP contribution is -2.41. The molecular weight excluding hydrogens is 497 g/mol. The monoisotopic (exact) mass is 529 g/mol. The van der Waals surface area contributed by atoms with Crippen molar-refractivity contribution in [1.29, 1.82) is 0 Å². The third-order valence-corrected chi connectivity index (χ3v) is 5.87. The van der Waals surface area contributed by atoms with Crippen molar-refractivity contribution in [3.8, 4) is 0 Å². The molecule has 1 fully saturated rings. The van der Waals surface area contributed by atoms with Gasteiger partial charge in [0.25, 0.3) is 0 Å².